The normalized spacial score (nSPS) is 21.9. The number of hydrogen-bond acceptors (Lipinski definition) is 6. The molecule has 2 aromatic heterocycles. The van der Waals surface area contributed by atoms with Crippen molar-refractivity contribution in [2.45, 2.75) is 36.5 Å². The van der Waals surface area contributed by atoms with Gasteiger partial charge in [0.15, 0.2) is 11.0 Å². The van der Waals surface area contributed by atoms with Crippen LogP contribution in [0.25, 0.3) is 11.5 Å². The Bertz CT molecular complexity index is 1140. The molecule has 2 fully saturated rings. The van der Waals surface area contributed by atoms with Gasteiger partial charge in [0.2, 0.25) is 0 Å². The molecule has 0 radical (unpaired) electrons. The third kappa shape index (κ3) is 4.81. The molecule has 1 aliphatic heterocycles. The van der Waals surface area contributed by atoms with Crippen molar-refractivity contribution in [2.75, 3.05) is 25.4 Å². The first-order valence-corrected chi connectivity index (χ1v) is 12.0. The Morgan fingerprint density at radius 3 is 2.56 bits per heavy atom. The van der Waals surface area contributed by atoms with Crippen LogP contribution in [-0.4, -0.2) is 55.0 Å². The summed E-state index contributed by atoms with van der Waals surface area (Å²) in [6.45, 7) is 4.81. The largest absolute Gasteiger partial charge is 0.416 e. The molecular weight excluding hydrogens is 485 g/mol. The van der Waals surface area contributed by atoms with E-state index in [1.807, 2.05) is 18.5 Å². The Balaban J connectivity index is 0.00000274. The number of alkyl halides is 3. The summed E-state index contributed by atoms with van der Waals surface area (Å²) < 4.78 is 40.5. The van der Waals surface area contributed by atoms with Crippen LogP contribution in [0.2, 0.25) is 0 Å². The average molecular weight is 511 g/mol. The van der Waals surface area contributed by atoms with Crippen molar-refractivity contribution in [2.24, 2.45) is 13.0 Å². The van der Waals surface area contributed by atoms with Crippen molar-refractivity contribution >= 4 is 24.2 Å². The van der Waals surface area contributed by atoms with Gasteiger partial charge in [-0.05, 0) is 49.9 Å². The van der Waals surface area contributed by atoms with Crippen molar-refractivity contribution in [3.8, 4) is 11.5 Å². The summed E-state index contributed by atoms with van der Waals surface area (Å²) in [4.78, 5) is 11.1. The molecule has 34 heavy (non-hydrogen) atoms. The number of aryl methyl sites for hydroxylation is 1. The first-order chi connectivity index (χ1) is 15.8. The number of aromatic nitrogens is 5. The number of halogens is 4. The highest BCUT2D eigenvalue weighted by Crippen LogP contribution is 2.59. The topological polar surface area (TPSA) is 59.7 Å². The molecule has 2 aliphatic rings. The highest BCUT2D eigenvalue weighted by atomic mass is 35.5. The molecule has 1 saturated heterocycles. The molecule has 5 rings (SSSR count). The van der Waals surface area contributed by atoms with Crippen LogP contribution in [0.5, 0.6) is 0 Å². The second-order valence-corrected chi connectivity index (χ2v) is 10.0. The molecule has 0 amide bonds. The number of piperidine rings is 1. The minimum atomic E-state index is -4.28. The van der Waals surface area contributed by atoms with Crippen molar-refractivity contribution in [1.29, 1.82) is 0 Å². The zero-order valence-corrected chi connectivity index (χ0v) is 20.6. The average Bonchev–Trinajstić information content (AvgIpc) is 3.16. The lowest BCUT2D eigenvalue weighted by molar-refractivity contribution is -0.137. The molecule has 0 N–H and O–H groups in total. The van der Waals surface area contributed by atoms with E-state index in [-0.39, 0.29) is 17.8 Å². The molecule has 3 heterocycles. The van der Waals surface area contributed by atoms with E-state index in [1.165, 1.54) is 12.1 Å². The predicted molar refractivity (Wildman–Crippen MR) is 127 cm³/mol. The molecular formula is C23H26ClF3N6S. The lowest BCUT2D eigenvalue weighted by Crippen LogP contribution is -2.28. The van der Waals surface area contributed by atoms with Gasteiger partial charge in [-0.3, -0.25) is 4.98 Å². The third-order valence-corrected chi connectivity index (χ3v) is 7.80. The third-order valence-electron chi connectivity index (χ3n) is 6.70. The number of rotatable bonds is 7. The molecule has 1 saturated carbocycles. The lowest BCUT2D eigenvalue weighted by Gasteiger charge is -2.21. The van der Waals surface area contributed by atoms with E-state index >= 15 is 0 Å². The molecule has 0 spiro atoms. The van der Waals surface area contributed by atoms with Gasteiger partial charge < -0.3 is 9.47 Å². The van der Waals surface area contributed by atoms with Crippen molar-refractivity contribution in [1.82, 2.24) is 29.6 Å². The van der Waals surface area contributed by atoms with Gasteiger partial charge in [0, 0.05) is 37.5 Å². The van der Waals surface area contributed by atoms with Crippen LogP contribution in [-0.2, 0) is 18.6 Å². The molecule has 3 aromatic rings. The number of nitrogens with zero attached hydrogens (tertiary/aromatic N) is 6. The van der Waals surface area contributed by atoms with Gasteiger partial charge in [-0.2, -0.15) is 13.2 Å². The number of fused-ring (bicyclic) bond motifs is 1. The quantitative estimate of drug-likeness (QED) is 0.337. The lowest BCUT2D eigenvalue weighted by atomic mass is 9.94. The summed E-state index contributed by atoms with van der Waals surface area (Å²) in [6, 6.07) is 5.78. The van der Waals surface area contributed by atoms with E-state index in [9.17, 15) is 13.2 Å². The standard InChI is InChI=1S/C23H25F3N6S.ClH/c1-15-11-28-19(12-27-15)20-29-30-21(31(20)2)33-9-3-8-32-13-18-10-22(18,14-32)16-4-6-17(7-5-16)23(24,25)26;/h4-7,11-12,18H,3,8-10,13-14H2,1-2H3;1H/t18-,22+;/m0./s1. The molecule has 6 nitrogen and oxygen atoms in total. The molecule has 11 heteroatoms. The zero-order valence-electron chi connectivity index (χ0n) is 18.9. The summed E-state index contributed by atoms with van der Waals surface area (Å²) in [5.74, 6) is 2.17. The van der Waals surface area contributed by atoms with Gasteiger partial charge in [0.1, 0.15) is 5.69 Å². The second kappa shape index (κ2) is 9.47. The Morgan fingerprint density at radius 2 is 1.88 bits per heavy atom. The van der Waals surface area contributed by atoms with E-state index in [2.05, 4.69) is 25.1 Å². The van der Waals surface area contributed by atoms with Gasteiger partial charge in [-0.15, -0.1) is 22.6 Å². The van der Waals surface area contributed by atoms with Gasteiger partial charge in [-0.1, -0.05) is 23.9 Å². The van der Waals surface area contributed by atoms with Crippen LogP contribution in [0.15, 0.2) is 41.8 Å². The number of likely N-dealkylation sites (tertiary alicyclic amines) is 1. The molecule has 0 unspecified atom stereocenters. The Morgan fingerprint density at radius 1 is 1.12 bits per heavy atom. The molecule has 1 aromatic carbocycles. The van der Waals surface area contributed by atoms with E-state index in [0.29, 0.717) is 17.4 Å². The Labute approximate surface area is 206 Å². The zero-order chi connectivity index (χ0) is 23.2. The number of thioether (sulfide) groups is 1. The van der Waals surface area contributed by atoms with E-state index in [0.717, 1.165) is 54.6 Å². The van der Waals surface area contributed by atoms with E-state index in [1.54, 1.807) is 36.3 Å². The Hall–Kier alpha value is -2.17. The van der Waals surface area contributed by atoms with Crippen molar-refractivity contribution < 1.29 is 13.2 Å². The maximum Gasteiger partial charge on any atom is 0.416 e. The monoisotopic (exact) mass is 510 g/mol. The highest BCUT2D eigenvalue weighted by molar-refractivity contribution is 7.99. The minimum absolute atomic E-state index is 0. The molecule has 0 bridgehead atoms. The van der Waals surface area contributed by atoms with Crippen LogP contribution >= 0.6 is 24.2 Å². The van der Waals surface area contributed by atoms with Crippen LogP contribution in [0, 0.1) is 12.8 Å². The summed E-state index contributed by atoms with van der Waals surface area (Å²) in [5.41, 5.74) is 2.07. The van der Waals surface area contributed by atoms with E-state index < -0.39 is 11.7 Å². The first-order valence-electron chi connectivity index (χ1n) is 11.0. The smallest absolute Gasteiger partial charge is 0.304 e. The second-order valence-electron chi connectivity index (χ2n) is 8.98. The maximum absolute atomic E-state index is 12.9. The summed E-state index contributed by atoms with van der Waals surface area (Å²) in [7, 11) is 1.93. The first kappa shape index (κ1) is 24.9. The van der Waals surface area contributed by atoms with Crippen LogP contribution in [0.4, 0.5) is 13.2 Å². The molecule has 2 atom stereocenters. The fraction of sp³-hybridized carbons (Fsp3) is 0.478. The maximum atomic E-state index is 12.9. The highest BCUT2D eigenvalue weighted by Gasteiger charge is 2.60. The van der Waals surface area contributed by atoms with Crippen LogP contribution in [0.3, 0.4) is 0 Å². The van der Waals surface area contributed by atoms with Crippen molar-refractivity contribution in [3.63, 3.8) is 0 Å². The summed E-state index contributed by atoms with van der Waals surface area (Å²) >= 11 is 1.67. The van der Waals surface area contributed by atoms with Crippen LogP contribution < -0.4 is 0 Å². The van der Waals surface area contributed by atoms with Gasteiger partial charge >= 0.3 is 6.18 Å². The minimum Gasteiger partial charge on any atom is -0.304 e. The SMILES string of the molecule is Cc1cnc(-c2nnc(SCCCN3C[C@@H]4C[C@]4(c4ccc(C(F)(F)F)cc4)C3)n2C)cn1.Cl. The summed E-state index contributed by atoms with van der Waals surface area (Å²) in [6.07, 6.45) is 1.23. The fourth-order valence-electron chi connectivity index (χ4n) is 4.82. The number of benzene rings is 1. The van der Waals surface area contributed by atoms with Gasteiger partial charge in [-0.25, -0.2) is 4.98 Å². The van der Waals surface area contributed by atoms with E-state index in [4.69, 9.17) is 0 Å². The fourth-order valence-corrected chi connectivity index (χ4v) is 5.65. The van der Waals surface area contributed by atoms with Crippen LogP contribution in [0.1, 0.15) is 29.7 Å². The molecule has 182 valence electrons. The number of hydrogen-bond donors (Lipinski definition) is 0. The summed E-state index contributed by atoms with van der Waals surface area (Å²) in [5, 5.41) is 9.40. The predicted octanol–water partition coefficient (Wildman–Crippen LogP) is 4.78. The Kier molecular flexibility index (Phi) is 6.94. The van der Waals surface area contributed by atoms with Crippen molar-refractivity contribution in [3.05, 3.63) is 53.5 Å². The van der Waals surface area contributed by atoms with Gasteiger partial charge in [0.25, 0.3) is 0 Å². The van der Waals surface area contributed by atoms with Gasteiger partial charge in [0.05, 0.1) is 17.5 Å². The molecule has 1 aliphatic carbocycles.